The Bertz CT molecular complexity index is 622. The summed E-state index contributed by atoms with van der Waals surface area (Å²) in [5.41, 5.74) is 0.747. The third kappa shape index (κ3) is 3.08. The topological polar surface area (TPSA) is 71.8 Å². The van der Waals surface area contributed by atoms with Gasteiger partial charge in [0, 0.05) is 12.2 Å². The van der Waals surface area contributed by atoms with Gasteiger partial charge in [-0.3, -0.25) is 4.79 Å². The standard InChI is InChI=1S/C14H16FN5O/c15-12-6-11(3-4-13(12)20-9-17-8-18-20)19-14(21)10-2-1-5-16-7-10/h3-4,6,8-10,16H,1-2,5,7H2,(H,19,21)/t10-/m0/s1. The van der Waals surface area contributed by atoms with Crippen molar-refractivity contribution in [2.75, 3.05) is 18.4 Å². The fourth-order valence-corrected chi connectivity index (χ4v) is 2.42. The second-order valence-electron chi connectivity index (χ2n) is 5.04. The van der Waals surface area contributed by atoms with Gasteiger partial charge in [0.25, 0.3) is 0 Å². The van der Waals surface area contributed by atoms with Gasteiger partial charge in [-0.2, -0.15) is 5.10 Å². The maximum absolute atomic E-state index is 14.1. The van der Waals surface area contributed by atoms with Crippen LogP contribution in [0.1, 0.15) is 12.8 Å². The van der Waals surface area contributed by atoms with Gasteiger partial charge in [0.05, 0.1) is 5.92 Å². The van der Waals surface area contributed by atoms with Crippen LogP contribution in [0.15, 0.2) is 30.9 Å². The third-order valence-electron chi connectivity index (χ3n) is 3.55. The quantitative estimate of drug-likeness (QED) is 0.894. The Kier molecular flexibility index (Phi) is 3.92. The van der Waals surface area contributed by atoms with E-state index < -0.39 is 5.82 Å². The largest absolute Gasteiger partial charge is 0.326 e. The third-order valence-corrected chi connectivity index (χ3v) is 3.55. The van der Waals surface area contributed by atoms with Gasteiger partial charge in [0.15, 0.2) is 5.82 Å². The van der Waals surface area contributed by atoms with Crippen LogP contribution in [-0.2, 0) is 4.79 Å². The predicted octanol–water partition coefficient (Wildman–Crippen LogP) is 1.34. The van der Waals surface area contributed by atoms with Crippen LogP contribution >= 0.6 is 0 Å². The molecule has 7 heteroatoms. The molecule has 2 aromatic rings. The van der Waals surface area contributed by atoms with Gasteiger partial charge in [-0.05, 0) is 37.6 Å². The van der Waals surface area contributed by atoms with Gasteiger partial charge in [-0.15, -0.1) is 0 Å². The van der Waals surface area contributed by atoms with E-state index in [0.717, 1.165) is 19.4 Å². The van der Waals surface area contributed by atoms with Crippen LogP contribution in [0.4, 0.5) is 10.1 Å². The van der Waals surface area contributed by atoms with E-state index in [1.165, 1.54) is 23.4 Å². The number of amides is 1. The first kappa shape index (κ1) is 13.7. The van der Waals surface area contributed by atoms with E-state index in [9.17, 15) is 9.18 Å². The Morgan fingerprint density at radius 3 is 3.05 bits per heavy atom. The minimum atomic E-state index is -0.458. The number of nitrogens with zero attached hydrogens (tertiary/aromatic N) is 3. The maximum atomic E-state index is 14.1. The zero-order chi connectivity index (χ0) is 14.7. The normalized spacial score (nSPS) is 18.4. The molecule has 21 heavy (non-hydrogen) atoms. The minimum absolute atomic E-state index is 0.0585. The van der Waals surface area contributed by atoms with Crippen molar-refractivity contribution < 1.29 is 9.18 Å². The number of hydrogen-bond acceptors (Lipinski definition) is 4. The van der Waals surface area contributed by atoms with E-state index in [2.05, 4.69) is 20.7 Å². The molecule has 1 fully saturated rings. The fourth-order valence-electron chi connectivity index (χ4n) is 2.42. The number of hydrogen-bond donors (Lipinski definition) is 2. The van der Waals surface area contributed by atoms with Crippen molar-refractivity contribution in [1.29, 1.82) is 0 Å². The van der Waals surface area contributed by atoms with Crippen LogP contribution in [-0.4, -0.2) is 33.8 Å². The number of halogens is 1. The smallest absolute Gasteiger partial charge is 0.228 e. The Labute approximate surface area is 121 Å². The number of rotatable bonds is 3. The van der Waals surface area contributed by atoms with E-state index in [1.807, 2.05) is 0 Å². The highest BCUT2D eigenvalue weighted by Gasteiger charge is 2.21. The molecule has 1 aromatic heterocycles. The van der Waals surface area contributed by atoms with Crippen LogP contribution in [0, 0.1) is 11.7 Å². The summed E-state index contributed by atoms with van der Waals surface area (Å²) in [5.74, 6) is -0.591. The lowest BCUT2D eigenvalue weighted by molar-refractivity contribution is -0.120. The molecule has 1 atom stereocenters. The average molecular weight is 289 g/mol. The Hall–Kier alpha value is -2.28. The van der Waals surface area contributed by atoms with Crippen LogP contribution in [0.5, 0.6) is 0 Å². The van der Waals surface area contributed by atoms with Crippen LogP contribution in [0.25, 0.3) is 5.69 Å². The summed E-state index contributed by atoms with van der Waals surface area (Å²) >= 11 is 0. The first-order valence-corrected chi connectivity index (χ1v) is 6.90. The zero-order valence-corrected chi connectivity index (χ0v) is 11.4. The molecule has 3 rings (SSSR count). The van der Waals surface area contributed by atoms with Gasteiger partial charge in [-0.25, -0.2) is 14.1 Å². The molecule has 0 spiro atoms. The zero-order valence-electron chi connectivity index (χ0n) is 11.4. The summed E-state index contributed by atoms with van der Waals surface area (Å²) in [7, 11) is 0. The highest BCUT2D eigenvalue weighted by molar-refractivity contribution is 5.92. The van der Waals surface area contributed by atoms with Crippen LogP contribution in [0.2, 0.25) is 0 Å². The SMILES string of the molecule is O=C(Nc1ccc(-n2cncn2)c(F)c1)[C@H]1CCCNC1. The van der Waals surface area contributed by atoms with Gasteiger partial charge >= 0.3 is 0 Å². The van der Waals surface area contributed by atoms with Gasteiger partial charge in [-0.1, -0.05) is 0 Å². The van der Waals surface area contributed by atoms with Gasteiger partial charge in [0.1, 0.15) is 18.3 Å². The number of anilines is 1. The molecule has 0 aliphatic carbocycles. The first-order chi connectivity index (χ1) is 10.2. The fraction of sp³-hybridized carbons (Fsp3) is 0.357. The summed E-state index contributed by atoms with van der Waals surface area (Å²) in [6, 6.07) is 4.53. The lowest BCUT2D eigenvalue weighted by atomic mass is 9.99. The predicted molar refractivity (Wildman–Crippen MR) is 75.5 cm³/mol. The molecule has 0 radical (unpaired) electrons. The molecule has 1 amide bonds. The van der Waals surface area contributed by atoms with Crippen molar-refractivity contribution in [3.8, 4) is 5.69 Å². The molecule has 0 saturated carbocycles. The van der Waals surface area contributed by atoms with E-state index in [1.54, 1.807) is 12.1 Å². The summed E-state index contributed by atoms with van der Waals surface area (Å²) < 4.78 is 15.4. The Balaban J connectivity index is 1.72. The molecular weight excluding hydrogens is 273 g/mol. The van der Waals surface area contributed by atoms with Crippen molar-refractivity contribution in [2.45, 2.75) is 12.8 Å². The van der Waals surface area contributed by atoms with Crippen molar-refractivity contribution in [3.05, 3.63) is 36.7 Å². The highest BCUT2D eigenvalue weighted by atomic mass is 19.1. The van der Waals surface area contributed by atoms with Crippen molar-refractivity contribution >= 4 is 11.6 Å². The van der Waals surface area contributed by atoms with Crippen LogP contribution in [0.3, 0.4) is 0 Å². The average Bonchev–Trinajstić information content (AvgIpc) is 3.02. The number of carbonyl (C=O) groups excluding carboxylic acids is 1. The van der Waals surface area contributed by atoms with Crippen molar-refractivity contribution in [3.63, 3.8) is 0 Å². The van der Waals surface area contributed by atoms with Gasteiger partial charge in [0.2, 0.25) is 5.91 Å². The maximum Gasteiger partial charge on any atom is 0.228 e. The molecule has 6 nitrogen and oxygen atoms in total. The lowest BCUT2D eigenvalue weighted by Gasteiger charge is -2.22. The van der Waals surface area contributed by atoms with E-state index in [4.69, 9.17) is 0 Å². The highest BCUT2D eigenvalue weighted by Crippen LogP contribution is 2.19. The molecule has 1 saturated heterocycles. The monoisotopic (exact) mass is 289 g/mol. The molecule has 1 aromatic carbocycles. The molecule has 0 bridgehead atoms. The number of carbonyl (C=O) groups is 1. The summed E-state index contributed by atoms with van der Waals surface area (Å²) in [6.45, 7) is 1.62. The molecule has 1 aliphatic rings. The van der Waals surface area contributed by atoms with E-state index >= 15 is 0 Å². The molecule has 2 heterocycles. The lowest BCUT2D eigenvalue weighted by Crippen LogP contribution is -2.37. The summed E-state index contributed by atoms with van der Waals surface area (Å²) in [4.78, 5) is 15.9. The van der Waals surface area contributed by atoms with Crippen molar-refractivity contribution in [1.82, 2.24) is 20.1 Å². The second-order valence-corrected chi connectivity index (χ2v) is 5.04. The van der Waals surface area contributed by atoms with E-state index in [-0.39, 0.29) is 11.8 Å². The summed E-state index contributed by atoms with van der Waals surface area (Å²) in [6.07, 6.45) is 4.60. The molecule has 110 valence electrons. The molecule has 1 aliphatic heterocycles. The Morgan fingerprint density at radius 2 is 2.38 bits per heavy atom. The summed E-state index contributed by atoms with van der Waals surface area (Å²) in [5, 5.41) is 9.83. The number of piperidine rings is 1. The minimum Gasteiger partial charge on any atom is -0.326 e. The van der Waals surface area contributed by atoms with Crippen LogP contribution < -0.4 is 10.6 Å². The number of aromatic nitrogens is 3. The Morgan fingerprint density at radius 1 is 1.48 bits per heavy atom. The second kappa shape index (κ2) is 6.01. The molecule has 0 unspecified atom stereocenters. The first-order valence-electron chi connectivity index (χ1n) is 6.90. The number of nitrogens with one attached hydrogen (secondary N) is 2. The molecular formula is C14H16FN5O. The molecule has 2 N–H and O–H groups in total. The van der Waals surface area contributed by atoms with E-state index in [0.29, 0.717) is 17.9 Å². The van der Waals surface area contributed by atoms with Crippen molar-refractivity contribution in [2.24, 2.45) is 5.92 Å². The number of benzene rings is 1. The van der Waals surface area contributed by atoms with Gasteiger partial charge < -0.3 is 10.6 Å².